The highest BCUT2D eigenvalue weighted by molar-refractivity contribution is 5.13. The fraction of sp³-hybridized carbons (Fsp3) is 0.846. The van der Waals surface area contributed by atoms with Crippen LogP contribution in [0.3, 0.4) is 0 Å². The molecule has 2 aliphatic rings. The first kappa shape index (κ1) is 12.1. The standard InChI is InChI=1S/C13H21N3O2/c1-17-13(7-4-8-13)10-15-11(18-16-10)12(9-14)5-2-3-6-12/h2-9,14H2,1H3. The molecule has 2 fully saturated rings. The molecule has 0 atom stereocenters. The molecule has 0 aliphatic heterocycles. The van der Waals surface area contributed by atoms with Crippen LogP contribution in [0.1, 0.15) is 56.7 Å². The molecule has 2 N–H and O–H groups in total. The monoisotopic (exact) mass is 251 g/mol. The van der Waals surface area contributed by atoms with Crippen molar-refractivity contribution in [1.82, 2.24) is 10.1 Å². The van der Waals surface area contributed by atoms with Gasteiger partial charge in [0.1, 0.15) is 5.60 Å². The van der Waals surface area contributed by atoms with Gasteiger partial charge in [0.25, 0.3) is 0 Å². The van der Waals surface area contributed by atoms with E-state index >= 15 is 0 Å². The van der Waals surface area contributed by atoms with Gasteiger partial charge in [0.15, 0.2) is 0 Å². The second-order valence-corrected chi connectivity index (χ2v) is 5.67. The number of methoxy groups -OCH3 is 1. The summed E-state index contributed by atoms with van der Waals surface area (Å²) < 4.78 is 11.1. The minimum atomic E-state index is -0.295. The van der Waals surface area contributed by atoms with E-state index in [1.54, 1.807) is 7.11 Å². The first-order valence-corrected chi connectivity index (χ1v) is 6.85. The number of ether oxygens (including phenoxy) is 1. The van der Waals surface area contributed by atoms with Crippen LogP contribution in [0.5, 0.6) is 0 Å². The number of nitrogens with zero attached hydrogens (tertiary/aromatic N) is 2. The largest absolute Gasteiger partial charge is 0.370 e. The van der Waals surface area contributed by atoms with Crippen molar-refractivity contribution in [1.29, 1.82) is 0 Å². The van der Waals surface area contributed by atoms with Gasteiger partial charge in [-0.05, 0) is 32.1 Å². The van der Waals surface area contributed by atoms with Gasteiger partial charge in [-0.15, -0.1) is 0 Å². The van der Waals surface area contributed by atoms with Crippen molar-refractivity contribution in [3.05, 3.63) is 11.7 Å². The summed E-state index contributed by atoms with van der Waals surface area (Å²) in [5.41, 5.74) is 5.56. The molecule has 0 spiro atoms. The fourth-order valence-electron chi connectivity index (χ4n) is 3.20. The molecule has 18 heavy (non-hydrogen) atoms. The highest BCUT2D eigenvalue weighted by Crippen LogP contribution is 2.45. The molecular formula is C13H21N3O2. The maximum absolute atomic E-state index is 5.94. The first-order chi connectivity index (χ1) is 8.75. The van der Waals surface area contributed by atoms with Crippen LogP contribution in [0.2, 0.25) is 0 Å². The third-order valence-electron chi connectivity index (χ3n) is 4.79. The summed E-state index contributed by atoms with van der Waals surface area (Å²) in [5.74, 6) is 1.44. The second kappa shape index (κ2) is 4.31. The Morgan fingerprint density at radius 2 is 1.94 bits per heavy atom. The van der Waals surface area contributed by atoms with Gasteiger partial charge in [-0.3, -0.25) is 0 Å². The molecule has 0 bridgehead atoms. The zero-order chi connectivity index (χ0) is 12.6. The quantitative estimate of drug-likeness (QED) is 0.884. The molecule has 0 aromatic carbocycles. The minimum absolute atomic E-state index is 0.0794. The van der Waals surface area contributed by atoms with E-state index in [0.29, 0.717) is 12.4 Å². The lowest BCUT2D eigenvalue weighted by Crippen LogP contribution is -2.38. The molecule has 100 valence electrons. The van der Waals surface area contributed by atoms with Gasteiger partial charge in [0.2, 0.25) is 11.7 Å². The number of hydrogen-bond donors (Lipinski definition) is 1. The number of rotatable bonds is 4. The summed E-state index contributed by atoms with van der Waals surface area (Å²) in [6.07, 6.45) is 7.65. The second-order valence-electron chi connectivity index (χ2n) is 5.67. The zero-order valence-corrected chi connectivity index (χ0v) is 10.9. The van der Waals surface area contributed by atoms with E-state index in [1.165, 1.54) is 19.3 Å². The van der Waals surface area contributed by atoms with E-state index < -0.39 is 0 Å². The molecular weight excluding hydrogens is 230 g/mol. The Balaban J connectivity index is 1.89. The molecule has 0 unspecified atom stereocenters. The van der Waals surface area contributed by atoms with E-state index in [1.807, 2.05) is 0 Å². The number of aromatic nitrogens is 2. The van der Waals surface area contributed by atoms with E-state index in [9.17, 15) is 0 Å². The van der Waals surface area contributed by atoms with Crippen molar-refractivity contribution in [3.63, 3.8) is 0 Å². The van der Waals surface area contributed by atoms with Gasteiger partial charge >= 0.3 is 0 Å². The highest BCUT2D eigenvalue weighted by atomic mass is 16.5. The van der Waals surface area contributed by atoms with Crippen LogP contribution < -0.4 is 5.73 Å². The minimum Gasteiger partial charge on any atom is -0.370 e. The van der Waals surface area contributed by atoms with Crippen LogP contribution in [0.15, 0.2) is 4.52 Å². The van der Waals surface area contributed by atoms with Crippen molar-refractivity contribution in [3.8, 4) is 0 Å². The Hall–Kier alpha value is -0.940. The molecule has 2 aliphatic carbocycles. The summed E-state index contributed by atoms with van der Waals surface area (Å²) in [7, 11) is 1.73. The average Bonchev–Trinajstić information content (AvgIpc) is 2.97. The summed E-state index contributed by atoms with van der Waals surface area (Å²) in [5, 5.41) is 4.15. The summed E-state index contributed by atoms with van der Waals surface area (Å²) in [4.78, 5) is 4.62. The Morgan fingerprint density at radius 1 is 1.22 bits per heavy atom. The van der Waals surface area contributed by atoms with Crippen molar-refractivity contribution in [2.45, 2.75) is 56.0 Å². The normalized spacial score (nSPS) is 25.0. The molecule has 0 saturated heterocycles. The average molecular weight is 251 g/mol. The topological polar surface area (TPSA) is 74.2 Å². The van der Waals surface area contributed by atoms with Crippen LogP contribution in [0, 0.1) is 0 Å². The van der Waals surface area contributed by atoms with Crippen LogP contribution in [-0.4, -0.2) is 23.8 Å². The van der Waals surface area contributed by atoms with Crippen molar-refractivity contribution in [2.24, 2.45) is 5.73 Å². The molecule has 0 amide bonds. The lowest BCUT2D eigenvalue weighted by molar-refractivity contribution is -0.0858. The Kier molecular flexibility index (Phi) is 2.90. The molecule has 0 radical (unpaired) electrons. The lowest BCUT2D eigenvalue weighted by atomic mass is 9.79. The van der Waals surface area contributed by atoms with E-state index in [-0.39, 0.29) is 11.0 Å². The Bertz CT molecular complexity index is 414. The number of nitrogens with two attached hydrogens (primary N) is 1. The van der Waals surface area contributed by atoms with E-state index in [0.717, 1.165) is 31.6 Å². The smallest absolute Gasteiger partial charge is 0.234 e. The van der Waals surface area contributed by atoms with Crippen LogP contribution in [0.4, 0.5) is 0 Å². The van der Waals surface area contributed by atoms with Crippen LogP contribution >= 0.6 is 0 Å². The molecule has 1 aromatic rings. The lowest BCUT2D eigenvalue weighted by Gasteiger charge is -2.37. The zero-order valence-electron chi connectivity index (χ0n) is 10.9. The van der Waals surface area contributed by atoms with E-state index in [4.69, 9.17) is 15.0 Å². The molecule has 2 saturated carbocycles. The maximum atomic E-state index is 5.94. The molecule has 5 heteroatoms. The van der Waals surface area contributed by atoms with Crippen molar-refractivity contribution in [2.75, 3.05) is 13.7 Å². The summed E-state index contributed by atoms with van der Waals surface area (Å²) in [6.45, 7) is 0.592. The van der Waals surface area contributed by atoms with Crippen LogP contribution in [0.25, 0.3) is 0 Å². The Morgan fingerprint density at radius 3 is 2.44 bits per heavy atom. The third kappa shape index (κ3) is 1.61. The van der Waals surface area contributed by atoms with Gasteiger partial charge in [-0.2, -0.15) is 4.98 Å². The Labute approximate surface area is 107 Å². The molecule has 3 rings (SSSR count). The van der Waals surface area contributed by atoms with Gasteiger partial charge in [0, 0.05) is 13.7 Å². The summed E-state index contributed by atoms with van der Waals surface area (Å²) >= 11 is 0. The molecule has 1 aromatic heterocycles. The van der Waals surface area contributed by atoms with Gasteiger partial charge in [-0.25, -0.2) is 0 Å². The molecule has 1 heterocycles. The predicted molar refractivity (Wildman–Crippen MR) is 66.0 cm³/mol. The summed E-state index contributed by atoms with van der Waals surface area (Å²) in [6, 6.07) is 0. The number of hydrogen-bond acceptors (Lipinski definition) is 5. The molecule has 5 nitrogen and oxygen atoms in total. The van der Waals surface area contributed by atoms with Gasteiger partial charge < -0.3 is 15.0 Å². The van der Waals surface area contributed by atoms with Crippen molar-refractivity contribution < 1.29 is 9.26 Å². The highest BCUT2D eigenvalue weighted by Gasteiger charge is 2.46. The maximum Gasteiger partial charge on any atom is 0.234 e. The van der Waals surface area contributed by atoms with Gasteiger partial charge in [0.05, 0.1) is 5.41 Å². The predicted octanol–water partition coefficient (Wildman–Crippen LogP) is 1.87. The van der Waals surface area contributed by atoms with E-state index in [2.05, 4.69) is 10.1 Å². The van der Waals surface area contributed by atoms with Crippen LogP contribution in [-0.2, 0) is 15.8 Å². The SMILES string of the molecule is COC1(c2noc(C3(CN)CCCC3)n2)CCC1. The van der Waals surface area contributed by atoms with Crippen molar-refractivity contribution >= 4 is 0 Å². The van der Waals surface area contributed by atoms with Gasteiger partial charge in [-0.1, -0.05) is 18.0 Å². The first-order valence-electron chi connectivity index (χ1n) is 6.85. The third-order valence-corrected chi connectivity index (χ3v) is 4.79. The fourth-order valence-corrected chi connectivity index (χ4v) is 3.20.